The highest BCUT2D eigenvalue weighted by atomic mass is 127. The predicted octanol–water partition coefficient (Wildman–Crippen LogP) is 3.64. The molecule has 0 aromatic heterocycles. The van der Waals surface area contributed by atoms with Crippen molar-refractivity contribution in [3.05, 3.63) is 62.2 Å². The van der Waals surface area contributed by atoms with Gasteiger partial charge in [-0.3, -0.25) is 4.79 Å². The first-order valence-electron chi connectivity index (χ1n) is 8.83. The maximum atomic E-state index is 14.2. The fourth-order valence-corrected chi connectivity index (χ4v) is 3.77. The van der Waals surface area contributed by atoms with Crippen LogP contribution in [0, 0.1) is 21.1 Å². The molecule has 1 saturated heterocycles. The van der Waals surface area contributed by atoms with Gasteiger partial charge in [-0.2, -0.15) is 0 Å². The van der Waals surface area contributed by atoms with Gasteiger partial charge in [0.1, 0.15) is 17.4 Å². The monoisotopic (exact) mass is 486 g/mol. The minimum Gasteiger partial charge on any atom is -0.492 e. The number of hydrogen-bond acceptors (Lipinski definition) is 3. The van der Waals surface area contributed by atoms with Crippen LogP contribution in [0.4, 0.5) is 8.78 Å². The molecule has 2 aromatic rings. The number of rotatable bonds is 6. The zero-order chi connectivity index (χ0) is 19.4. The van der Waals surface area contributed by atoms with Gasteiger partial charge in [-0.15, -0.1) is 0 Å². The van der Waals surface area contributed by atoms with Crippen molar-refractivity contribution in [3.63, 3.8) is 0 Å². The fourth-order valence-electron chi connectivity index (χ4n) is 3.31. The zero-order valence-corrected chi connectivity index (χ0v) is 16.9. The lowest BCUT2D eigenvalue weighted by molar-refractivity contribution is 0.0993. The maximum absolute atomic E-state index is 14.2. The van der Waals surface area contributed by atoms with Crippen LogP contribution in [0.5, 0.6) is 5.75 Å². The standard InChI is InChI=1S/C20H21F2IN2O2/c21-15-7-14(6-13-3-4-16(23)9-17(13)22)19(20(24)26)18(8-15)27-11-12-2-1-5-25-10-12/h3-4,7-9,12,25H,1-2,5-6,10-11H2,(H2,24,26). The number of carbonyl (C=O) groups is 1. The Morgan fingerprint density at radius 2 is 2.07 bits per heavy atom. The van der Waals surface area contributed by atoms with Crippen molar-refractivity contribution >= 4 is 28.5 Å². The molecule has 3 rings (SSSR count). The van der Waals surface area contributed by atoms with Gasteiger partial charge in [-0.05, 0) is 71.3 Å². The number of benzene rings is 2. The lowest BCUT2D eigenvalue weighted by Crippen LogP contribution is -2.33. The van der Waals surface area contributed by atoms with E-state index in [2.05, 4.69) is 5.32 Å². The Kier molecular flexibility index (Phi) is 6.64. The number of halogens is 3. The molecule has 4 nitrogen and oxygen atoms in total. The Labute approximate surface area is 170 Å². The second-order valence-corrected chi connectivity index (χ2v) is 7.98. The average Bonchev–Trinajstić information content (AvgIpc) is 2.62. The van der Waals surface area contributed by atoms with Gasteiger partial charge in [0.2, 0.25) is 0 Å². The molecule has 1 fully saturated rings. The Balaban J connectivity index is 1.88. The summed E-state index contributed by atoms with van der Waals surface area (Å²) >= 11 is 2.01. The van der Waals surface area contributed by atoms with Crippen molar-refractivity contribution in [2.45, 2.75) is 19.3 Å². The van der Waals surface area contributed by atoms with Crippen LogP contribution in [0.2, 0.25) is 0 Å². The van der Waals surface area contributed by atoms with Crippen molar-refractivity contribution in [3.8, 4) is 5.75 Å². The van der Waals surface area contributed by atoms with E-state index in [4.69, 9.17) is 10.5 Å². The molecular formula is C20H21F2IN2O2. The first-order chi connectivity index (χ1) is 12.9. The number of primary amides is 1. The highest BCUT2D eigenvalue weighted by Gasteiger charge is 2.21. The third-order valence-electron chi connectivity index (χ3n) is 4.66. The van der Waals surface area contributed by atoms with Gasteiger partial charge >= 0.3 is 0 Å². The molecule has 1 aliphatic heterocycles. The molecule has 0 radical (unpaired) electrons. The van der Waals surface area contributed by atoms with Gasteiger partial charge in [0.05, 0.1) is 12.2 Å². The van der Waals surface area contributed by atoms with Crippen LogP contribution in [-0.4, -0.2) is 25.6 Å². The molecule has 144 valence electrons. The van der Waals surface area contributed by atoms with Gasteiger partial charge in [0.15, 0.2) is 0 Å². The van der Waals surface area contributed by atoms with Crippen LogP contribution in [0.25, 0.3) is 0 Å². The largest absolute Gasteiger partial charge is 0.492 e. The molecule has 1 aliphatic rings. The number of amides is 1. The summed E-state index contributed by atoms with van der Waals surface area (Å²) in [6.07, 6.45) is 2.12. The molecule has 3 N–H and O–H groups in total. The van der Waals surface area contributed by atoms with Crippen molar-refractivity contribution in [2.24, 2.45) is 11.7 Å². The van der Waals surface area contributed by atoms with E-state index in [9.17, 15) is 13.6 Å². The van der Waals surface area contributed by atoms with Gasteiger partial charge in [-0.25, -0.2) is 8.78 Å². The molecule has 0 saturated carbocycles. The van der Waals surface area contributed by atoms with Crippen molar-refractivity contribution in [1.29, 1.82) is 0 Å². The summed E-state index contributed by atoms with van der Waals surface area (Å²) in [6, 6.07) is 7.17. The normalized spacial score (nSPS) is 16.9. The van der Waals surface area contributed by atoms with Crippen molar-refractivity contribution in [2.75, 3.05) is 19.7 Å². The summed E-state index contributed by atoms with van der Waals surface area (Å²) in [5.74, 6) is -1.25. The molecular weight excluding hydrogens is 465 g/mol. The summed E-state index contributed by atoms with van der Waals surface area (Å²) in [4.78, 5) is 12.0. The second-order valence-electron chi connectivity index (χ2n) is 6.74. The number of nitrogens with two attached hydrogens (primary N) is 1. The number of piperidine rings is 1. The molecule has 7 heteroatoms. The maximum Gasteiger partial charge on any atom is 0.252 e. The SMILES string of the molecule is NC(=O)c1c(Cc2ccc(I)cc2F)cc(F)cc1OCC1CCCNC1. The number of carbonyl (C=O) groups excluding carboxylic acids is 1. The molecule has 0 aliphatic carbocycles. The molecule has 27 heavy (non-hydrogen) atoms. The number of ether oxygens (including phenoxy) is 1. The number of hydrogen-bond donors (Lipinski definition) is 2. The number of nitrogens with one attached hydrogen (secondary N) is 1. The summed E-state index contributed by atoms with van der Waals surface area (Å²) in [5, 5.41) is 3.29. The van der Waals surface area contributed by atoms with E-state index in [0.717, 1.165) is 29.5 Å². The Hall–Kier alpha value is -1.74. The smallest absolute Gasteiger partial charge is 0.252 e. The minimum atomic E-state index is -0.715. The van der Waals surface area contributed by atoms with Crippen LogP contribution in [0.1, 0.15) is 34.3 Å². The van der Waals surface area contributed by atoms with E-state index >= 15 is 0 Å². The quantitative estimate of drug-likeness (QED) is 0.614. The van der Waals surface area contributed by atoms with Gasteiger partial charge in [0, 0.05) is 28.5 Å². The van der Waals surface area contributed by atoms with Crippen molar-refractivity contribution in [1.82, 2.24) is 5.32 Å². The van der Waals surface area contributed by atoms with Crippen LogP contribution >= 0.6 is 22.6 Å². The molecule has 1 amide bonds. The summed E-state index contributed by atoms with van der Waals surface area (Å²) < 4.78 is 34.9. The Morgan fingerprint density at radius 3 is 2.74 bits per heavy atom. The third kappa shape index (κ3) is 5.16. The topological polar surface area (TPSA) is 64.4 Å². The molecule has 1 atom stereocenters. The van der Waals surface area contributed by atoms with Gasteiger partial charge < -0.3 is 15.8 Å². The van der Waals surface area contributed by atoms with Gasteiger partial charge in [-0.1, -0.05) is 6.07 Å². The van der Waals surface area contributed by atoms with E-state index in [0.29, 0.717) is 23.7 Å². The Morgan fingerprint density at radius 1 is 1.26 bits per heavy atom. The average molecular weight is 486 g/mol. The lowest BCUT2D eigenvalue weighted by Gasteiger charge is -2.23. The van der Waals surface area contributed by atoms with E-state index in [-0.39, 0.29) is 17.7 Å². The zero-order valence-electron chi connectivity index (χ0n) is 14.7. The first-order valence-corrected chi connectivity index (χ1v) is 9.91. The summed E-state index contributed by atoms with van der Waals surface area (Å²) in [7, 11) is 0. The van der Waals surface area contributed by atoms with Crippen LogP contribution in [0.3, 0.4) is 0 Å². The highest BCUT2D eigenvalue weighted by molar-refractivity contribution is 14.1. The highest BCUT2D eigenvalue weighted by Crippen LogP contribution is 2.28. The van der Waals surface area contributed by atoms with E-state index in [1.807, 2.05) is 22.6 Å². The predicted molar refractivity (Wildman–Crippen MR) is 108 cm³/mol. The first kappa shape index (κ1) is 20.0. The minimum absolute atomic E-state index is 0.0557. The van der Waals surface area contributed by atoms with Crippen LogP contribution < -0.4 is 15.8 Å². The van der Waals surface area contributed by atoms with Gasteiger partial charge in [0.25, 0.3) is 5.91 Å². The van der Waals surface area contributed by atoms with Crippen LogP contribution in [-0.2, 0) is 6.42 Å². The molecule has 0 spiro atoms. The summed E-state index contributed by atoms with van der Waals surface area (Å²) in [6.45, 7) is 2.17. The second kappa shape index (κ2) is 8.97. The van der Waals surface area contributed by atoms with E-state index in [1.54, 1.807) is 12.1 Å². The van der Waals surface area contributed by atoms with E-state index in [1.165, 1.54) is 18.2 Å². The van der Waals surface area contributed by atoms with Crippen LogP contribution in [0.15, 0.2) is 30.3 Å². The fraction of sp³-hybridized carbons (Fsp3) is 0.350. The molecule has 1 heterocycles. The lowest BCUT2D eigenvalue weighted by atomic mass is 9.97. The van der Waals surface area contributed by atoms with E-state index < -0.39 is 17.5 Å². The summed E-state index contributed by atoms with van der Waals surface area (Å²) in [5.41, 5.74) is 6.34. The molecule has 1 unspecified atom stereocenters. The molecule has 2 aromatic carbocycles. The molecule has 0 bridgehead atoms. The Bertz CT molecular complexity index is 839. The third-order valence-corrected chi connectivity index (χ3v) is 5.34. The van der Waals surface area contributed by atoms with Crippen molar-refractivity contribution < 1.29 is 18.3 Å².